The van der Waals surface area contributed by atoms with Crippen molar-refractivity contribution in [1.82, 2.24) is 14.5 Å². The molecule has 222 valence electrons. The molecule has 0 radical (unpaired) electrons. The van der Waals surface area contributed by atoms with Crippen LogP contribution in [0.2, 0.25) is 0 Å². The number of rotatable bonds is 9. The molecule has 13 nitrogen and oxygen atoms in total. The van der Waals surface area contributed by atoms with E-state index < -0.39 is 31.8 Å². The van der Waals surface area contributed by atoms with E-state index in [9.17, 15) is 33.5 Å². The smallest absolute Gasteiger partial charge is 0.357 e. The molecule has 42 heavy (non-hydrogen) atoms. The number of hydrogen-bond donors (Lipinski definition) is 5. The van der Waals surface area contributed by atoms with Gasteiger partial charge in [0.25, 0.3) is 0 Å². The number of carbonyl (C=O) groups is 1. The summed E-state index contributed by atoms with van der Waals surface area (Å²) in [5.41, 5.74) is 10.3. The molecule has 15 heteroatoms. The highest BCUT2D eigenvalue weighted by molar-refractivity contribution is 7.67. The van der Waals surface area contributed by atoms with Gasteiger partial charge in [0, 0.05) is 18.2 Å². The van der Waals surface area contributed by atoms with Crippen LogP contribution in [0, 0.1) is 6.92 Å². The van der Waals surface area contributed by atoms with Crippen molar-refractivity contribution in [3.05, 3.63) is 66.1 Å². The molecule has 0 saturated carbocycles. The normalized spacial score (nSPS) is 17.5. The predicted molar refractivity (Wildman–Crippen MR) is 155 cm³/mol. The first-order chi connectivity index (χ1) is 19.8. The summed E-state index contributed by atoms with van der Waals surface area (Å²) in [4.78, 5) is 59.0. The number of hydrogen-bond acceptors (Lipinski definition) is 8. The number of aromatic nitrogens is 3. The van der Waals surface area contributed by atoms with Crippen molar-refractivity contribution in [3.8, 4) is 11.1 Å². The lowest BCUT2D eigenvalue weighted by molar-refractivity contribution is -0.146. The molecule has 3 heterocycles. The summed E-state index contributed by atoms with van der Waals surface area (Å²) in [6.07, 6.45) is 3.56. The van der Waals surface area contributed by atoms with Gasteiger partial charge in [-0.3, -0.25) is 13.9 Å². The minimum atomic E-state index is -4.96. The number of carbonyl (C=O) groups excluding carboxylic acids is 1. The van der Waals surface area contributed by atoms with Crippen molar-refractivity contribution in [2.45, 2.75) is 38.3 Å². The van der Waals surface area contributed by atoms with Crippen molar-refractivity contribution in [3.63, 3.8) is 0 Å². The van der Waals surface area contributed by atoms with Crippen LogP contribution in [0.1, 0.15) is 30.0 Å². The summed E-state index contributed by atoms with van der Waals surface area (Å²) in [7, 11) is -9.87. The third-order valence-electron chi connectivity index (χ3n) is 7.17. The molecular weight excluding hydrogens is 586 g/mol. The summed E-state index contributed by atoms with van der Waals surface area (Å²) >= 11 is 0. The number of fused-ring (bicyclic) bond motifs is 1. The van der Waals surface area contributed by atoms with Gasteiger partial charge in [-0.2, -0.15) is 0 Å². The second-order valence-corrected chi connectivity index (χ2v) is 13.4. The third kappa shape index (κ3) is 6.48. The van der Waals surface area contributed by atoms with Gasteiger partial charge in [0.1, 0.15) is 24.4 Å². The first-order valence-electron chi connectivity index (χ1n) is 13.0. The highest BCUT2D eigenvalue weighted by Gasteiger charge is 2.32. The minimum Gasteiger partial charge on any atom is -0.463 e. The Morgan fingerprint density at radius 2 is 1.79 bits per heavy atom. The lowest BCUT2D eigenvalue weighted by Crippen LogP contribution is -2.25. The summed E-state index contributed by atoms with van der Waals surface area (Å²) in [5, 5.41) is -0.750. The number of ether oxygens (including phenoxy) is 2. The van der Waals surface area contributed by atoms with Crippen LogP contribution in [0.3, 0.4) is 0 Å². The summed E-state index contributed by atoms with van der Waals surface area (Å²) in [6.45, 7) is 2.41. The fraction of sp³-hybridized carbons (Fsp3) is 0.296. The lowest BCUT2D eigenvalue weighted by Gasteiger charge is -2.14. The molecule has 6 N–H and O–H groups in total. The van der Waals surface area contributed by atoms with Crippen LogP contribution in [-0.4, -0.2) is 59.4 Å². The quantitative estimate of drug-likeness (QED) is 0.135. The number of anilines is 1. The molecule has 5 rings (SSSR count). The van der Waals surface area contributed by atoms with Crippen LogP contribution in [0.25, 0.3) is 22.2 Å². The van der Waals surface area contributed by atoms with E-state index in [0.29, 0.717) is 30.1 Å². The number of nitrogen functional groups attached to an aromatic ring is 1. The van der Waals surface area contributed by atoms with Crippen LogP contribution < -0.4 is 16.3 Å². The molecule has 2 aromatic carbocycles. The summed E-state index contributed by atoms with van der Waals surface area (Å²) in [5.74, 6) is -0.171. The standard InChI is InChI=1S/C27H30N4O9P2/c1-16-2-6-18(7-3-16)21-12-31(27-25(21)26(28)29-15-30-27)19-11-20(39-13-19)14-40-24(32)9-5-17-4-8-22(41(33,34)35)23(10-17)42(36,37)38/h2-4,6-8,10,12,15,19-20H,5,9,11,13-14H2,1H3,(H2,28,29,30)(H2,33,34,35)(H2,36,37,38). The zero-order valence-electron chi connectivity index (χ0n) is 22.5. The van der Waals surface area contributed by atoms with Gasteiger partial charge in [0.15, 0.2) is 0 Å². The second kappa shape index (κ2) is 11.7. The zero-order valence-corrected chi connectivity index (χ0v) is 24.3. The Bertz CT molecular complexity index is 1730. The molecule has 4 aromatic rings. The van der Waals surface area contributed by atoms with Crippen molar-refractivity contribution >= 4 is 48.6 Å². The largest absolute Gasteiger partial charge is 0.463 e. The maximum Gasteiger partial charge on any atom is 0.357 e. The second-order valence-electron chi connectivity index (χ2n) is 10.2. The molecule has 2 aromatic heterocycles. The maximum absolute atomic E-state index is 12.4. The molecule has 2 unspecified atom stereocenters. The van der Waals surface area contributed by atoms with Crippen molar-refractivity contribution in [1.29, 1.82) is 0 Å². The van der Waals surface area contributed by atoms with E-state index in [2.05, 4.69) is 9.97 Å². The van der Waals surface area contributed by atoms with E-state index in [1.807, 2.05) is 42.0 Å². The van der Waals surface area contributed by atoms with Gasteiger partial charge in [-0.15, -0.1) is 0 Å². The maximum atomic E-state index is 12.4. The number of nitrogens with zero attached hydrogens (tertiary/aromatic N) is 3. The Balaban J connectivity index is 1.22. The van der Waals surface area contributed by atoms with Crippen molar-refractivity contribution in [2.24, 2.45) is 0 Å². The van der Waals surface area contributed by atoms with E-state index in [0.717, 1.165) is 34.2 Å². The number of nitrogens with two attached hydrogens (primary N) is 1. The molecule has 1 aliphatic heterocycles. The Morgan fingerprint density at radius 1 is 1.07 bits per heavy atom. The molecule has 0 spiro atoms. The van der Waals surface area contributed by atoms with Gasteiger partial charge in [-0.25, -0.2) is 9.97 Å². The SMILES string of the molecule is Cc1ccc(-c2cn(C3COC(COC(=O)CCc4ccc(P(=O)(O)O)c(P(=O)(O)O)c4)C3)c3ncnc(N)c23)cc1. The van der Waals surface area contributed by atoms with E-state index in [1.165, 1.54) is 12.4 Å². The van der Waals surface area contributed by atoms with Gasteiger partial charge in [0.05, 0.1) is 34.7 Å². The van der Waals surface area contributed by atoms with Crippen LogP contribution >= 0.6 is 15.2 Å². The number of aryl methyl sites for hydroxylation is 2. The summed E-state index contributed by atoms with van der Waals surface area (Å²) < 4.78 is 36.7. The predicted octanol–water partition coefficient (Wildman–Crippen LogP) is 2.10. The van der Waals surface area contributed by atoms with Crippen LogP contribution in [0.5, 0.6) is 0 Å². The lowest BCUT2D eigenvalue weighted by atomic mass is 10.0. The first kappa shape index (κ1) is 30.1. The molecule has 1 fully saturated rings. The number of benzene rings is 2. The fourth-order valence-electron chi connectivity index (χ4n) is 5.04. The highest BCUT2D eigenvalue weighted by atomic mass is 31.2. The highest BCUT2D eigenvalue weighted by Crippen LogP contribution is 2.40. The molecule has 0 bridgehead atoms. The molecule has 2 atom stereocenters. The van der Waals surface area contributed by atoms with E-state index >= 15 is 0 Å². The third-order valence-corrected chi connectivity index (χ3v) is 9.36. The van der Waals surface area contributed by atoms with Gasteiger partial charge in [0.2, 0.25) is 0 Å². The van der Waals surface area contributed by atoms with E-state index in [4.69, 9.17) is 15.2 Å². The average molecular weight is 617 g/mol. The molecule has 1 saturated heterocycles. The van der Waals surface area contributed by atoms with Gasteiger partial charge in [-0.05, 0) is 43.0 Å². The Labute approximate surface area is 240 Å². The van der Waals surface area contributed by atoms with Crippen molar-refractivity contribution in [2.75, 3.05) is 18.9 Å². The first-order valence-corrected chi connectivity index (χ1v) is 16.2. The monoisotopic (exact) mass is 616 g/mol. The Morgan fingerprint density at radius 3 is 2.48 bits per heavy atom. The fourth-order valence-corrected chi connectivity index (χ4v) is 7.16. The Hall–Kier alpha value is -3.41. The van der Waals surface area contributed by atoms with Crippen LogP contribution in [0.4, 0.5) is 5.82 Å². The van der Waals surface area contributed by atoms with Gasteiger partial charge in [-0.1, -0.05) is 35.9 Å². The van der Waals surface area contributed by atoms with Gasteiger partial charge < -0.3 is 39.3 Å². The topological polar surface area (TPSA) is 207 Å². The summed E-state index contributed by atoms with van der Waals surface area (Å²) in [6, 6.07) is 11.3. The average Bonchev–Trinajstić information content (AvgIpc) is 3.56. The zero-order chi connectivity index (χ0) is 30.2. The van der Waals surface area contributed by atoms with Crippen LogP contribution in [0.15, 0.2) is 55.0 Å². The van der Waals surface area contributed by atoms with E-state index in [1.54, 1.807) is 0 Å². The molecule has 0 aliphatic carbocycles. The van der Waals surface area contributed by atoms with Crippen LogP contribution in [-0.2, 0) is 29.8 Å². The minimum absolute atomic E-state index is 0.0152. The molecular formula is C27H30N4O9P2. The molecule has 1 aliphatic rings. The van der Waals surface area contributed by atoms with Crippen molar-refractivity contribution < 1.29 is 43.0 Å². The van der Waals surface area contributed by atoms with E-state index in [-0.39, 0.29) is 31.6 Å². The Kier molecular flexibility index (Phi) is 8.37. The molecule has 0 amide bonds. The number of esters is 1. The van der Waals surface area contributed by atoms with Gasteiger partial charge >= 0.3 is 21.2 Å².